The van der Waals surface area contributed by atoms with Gasteiger partial charge in [0.05, 0.1) is 0 Å². The summed E-state index contributed by atoms with van der Waals surface area (Å²) in [7, 11) is 0. The Hall–Kier alpha value is -3.20. The highest BCUT2D eigenvalue weighted by molar-refractivity contribution is 5.94. The molecule has 0 aliphatic rings. The predicted molar refractivity (Wildman–Crippen MR) is 99.7 cm³/mol. The lowest BCUT2D eigenvalue weighted by Gasteiger charge is -2.08. The molecule has 1 amide bonds. The molecular formula is C22H19NO2. The fourth-order valence-electron chi connectivity index (χ4n) is 2.67. The molecule has 0 saturated heterocycles. The van der Waals surface area contributed by atoms with E-state index in [0.29, 0.717) is 17.7 Å². The van der Waals surface area contributed by atoms with Crippen LogP contribution in [-0.4, -0.2) is 18.7 Å². The van der Waals surface area contributed by atoms with Crippen LogP contribution in [0.4, 0.5) is 0 Å². The van der Waals surface area contributed by atoms with Crippen LogP contribution in [0.1, 0.15) is 26.3 Å². The highest BCUT2D eigenvalue weighted by atomic mass is 16.1. The van der Waals surface area contributed by atoms with Crippen molar-refractivity contribution in [2.45, 2.75) is 6.42 Å². The third-order valence-electron chi connectivity index (χ3n) is 4.04. The number of carbonyl (C=O) groups is 2. The second-order valence-corrected chi connectivity index (χ2v) is 5.81. The molecule has 0 aliphatic carbocycles. The summed E-state index contributed by atoms with van der Waals surface area (Å²) in [5, 5.41) is 2.94. The Bertz CT molecular complexity index is 855. The van der Waals surface area contributed by atoms with Crippen LogP contribution >= 0.6 is 0 Å². The van der Waals surface area contributed by atoms with E-state index in [1.807, 2.05) is 54.6 Å². The molecule has 0 radical (unpaired) electrons. The minimum atomic E-state index is -0.0544. The minimum absolute atomic E-state index is 0.0544. The van der Waals surface area contributed by atoms with Crippen molar-refractivity contribution < 1.29 is 9.59 Å². The van der Waals surface area contributed by atoms with Crippen molar-refractivity contribution in [3.8, 4) is 11.1 Å². The van der Waals surface area contributed by atoms with E-state index in [-0.39, 0.29) is 5.91 Å². The van der Waals surface area contributed by atoms with E-state index in [1.54, 1.807) is 12.1 Å². The summed E-state index contributed by atoms with van der Waals surface area (Å²) in [5.41, 5.74) is 4.67. The number of benzene rings is 3. The lowest BCUT2D eigenvalue weighted by molar-refractivity contribution is 0.0954. The summed E-state index contributed by atoms with van der Waals surface area (Å²) in [6, 6.07) is 25.0. The number of hydrogen-bond donors (Lipinski definition) is 1. The largest absolute Gasteiger partial charge is 0.352 e. The van der Waals surface area contributed by atoms with E-state index < -0.39 is 0 Å². The van der Waals surface area contributed by atoms with Gasteiger partial charge in [0.1, 0.15) is 6.29 Å². The molecule has 0 saturated carbocycles. The fourth-order valence-corrected chi connectivity index (χ4v) is 2.67. The van der Waals surface area contributed by atoms with Crippen molar-refractivity contribution in [1.82, 2.24) is 5.32 Å². The Balaban J connectivity index is 1.61. The van der Waals surface area contributed by atoms with Crippen LogP contribution < -0.4 is 5.32 Å². The molecule has 0 unspecified atom stereocenters. The molecular weight excluding hydrogens is 310 g/mol. The lowest BCUT2D eigenvalue weighted by atomic mass is 10.0. The Morgan fingerprint density at radius 3 is 2.32 bits per heavy atom. The Labute approximate surface area is 147 Å². The number of carbonyl (C=O) groups excluding carboxylic acids is 2. The standard InChI is InChI=1S/C22H19NO2/c24-16-18-9-11-19(12-10-18)21-8-4-5-17(15-21)13-14-23-22(25)20-6-2-1-3-7-20/h1-12,15-16H,13-14H2,(H,23,25). The summed E-state index contributed by atoms with van der Waals surface area (Å²) in [4.78, 5) is 22.8. The van der Waals surface area contributed by atoms with Gasteiger partial charge in [0.15, 0.2) is 0 Å². The van der Waals surface area contributed by atoms with E-state index in [1.165, 1.54) is 0 Å². The molecule has 0 aromatic heterocycles. The van der Waals surface area contributed by atoms with Crippen LogP contribution in [-0.2, 0) is 6.42 Å². The molecule has 3 aromatic rings. The van der Waals surface area contributed by atoms with Gasteiger partial charge in [0.2, 0.25) is 0 Å². The van der Waals surface area contributed by atoms with Gasteiger partial charge in [-0.25, -0.2) is 0 Å². The van der Waals surface area contributed by atoms with E-state index in [4.69, 9.17) is 0 Å². The summed E-state index contributed by atoms with van der Waals surface area (Å²) in [6.07, 6.45) is 1.61. The second-order valence-electron chi connectivity index (χ2n) is 5.81. The highest BCUT2D eigenvalue weighted by Crippen LogP contribution is 2.21. The van der Waals surface area contributed by atoms with Crippen LogP contribution in [0, 0.1) is 0 Å². The topological polar surface area (TPSA) is 46.2 Å². The molecule has 0 spiro atoms. The van der Waals surface area contributed by atoms with Gasteiger partial charge in [0.25, 0.3) is 5.91 Å². The van der Waals surface area contributed by atoms with Crippen LogP contribution in [0.3, 0.4) is 0 Å². The SMILES string of the molecule is O=Cc1ccc(-c2cccc(CCNC(=O)c3ccccc3)c2)cc1. The fraction of sp³-hybridized carbons (Fsp3) is 0.0909. The zero-order valence-electron chi connectivity index (χ0n) is 13.8. The summed E-state index contributed by atoms with van der Waals surface area (Å²) < 4.78 is 0. The maximum absolute atomic E-state index is 12.0. The van der Waals surface area contributed by atoms with Crippen LogP contribution in [0.15, 0.2) is 78.9 Å². The average Bonchev–Trinajstić information content (AvgIpc) is 2.69. The number of amides is 1. The molecule has 3 rings (SSSR count). The summed E-state index contributed by atoms with van der Waals surface area (Å²) >= 11 is 0. The number of rotatable bonds is 6. The molecule has 3 heteroatoms. The Kier molecular flexibility index (Phi) is 5.37. The van der Waals surface area contributed by atoms with Gasteiger partial charge in [-0.05, 0) is 35.2 Å². The first-order valence-corrected chi connectivity index (χ1v) is 8.24. The minimum Gasteiger partial charge on any atom is -0.352 e. The first kappa shape index (κ1) is 16.7. The van der Waals surface area contributed by atoms with Gasteiger partial charge < -0.3 is 5.32 Å². The van der Waals surface area contributed by atoms with Crippen LogP contribution in [0.2, 0.25) is 0 Å². The first-order chi connectivity index (χ1) is 12.3. The van der Waals surface area contributed by atoms with E-state index >= 15 is 0 Å². The Morgan fingerprint density at radius 2 is 1.60 bits per heavy atom. The zero-order valence-corrected chi connectivity index (χ0v) is 13.8. The molecule has 25 heavy (non-hydrogen) atoms. The van der Waals surface area contributed by atoms with Gasteiger partial charge in [0, 0.05) is 17.7 Å². The number of aldehydes is 1. The molecule has 1 N–H and O–H groups in total. The van der Waals surface area contributed by atoms with E-state index in [9.17, 15) is 9.59 Å². The van der Waals surface area contributed by atoms with Crippen LogP contribution in [0.5, 0.6) is 0 Å². The monoisotopic (exact) mass is 329 g/mol. The number of hydrogen-bond acceptors (Lipinski definition) is 2. The molecule has 124 valence electrons. The molecule has 3 nitrogen and oxygen atoms in total. The quantitative estimate of drug-likeness (QED) is 0.691. The van der Waals surface area contributed by atoms with E-state index in [2.05, 4.69) is 17.4 Å². The molecule has 0 aliphatic heterocycles. The van der Waals surface area contributed by atoms with E-state index in [0.717, 1.165) is 29.4 Å². The average molecular weight is 329 g/mol. The van der Waals surface area contributed by atoms with Crippen molar-refractivity contribution in [2.24, 2.45) is 0 Å². The summed E-state index contributed by atoms with van der Waals surface area (Å²) in [6.45, 7) is 0.585. The number of nitrogens with one attached hydrogen (secondary N) is 1. The van der Waals surface area contributed by atoms with Gasteiger partial charge in [-0.15, -0.1) is 0 Å². The molecule has 0 atom stereocenters. The molecule has 0 fully saturated rings. The van der Waals surface area contributed by atoms with Gasteiger partial charge >= 0.3 is 0 Å². The van der Waals surface area contributed by atoms with Crippen molar-refractivity contribution >= 4 is 12.2 Å². The maximum atomic E-state index is 12.0. The predicted octanol–water partition coefficient (Wildman–Crippen LogP) is 4.14. The molecule has 3 aromatic carbocycles. The van der Waals surface area contributed by atoms with Gasteiger partial charge in [-0.2, -0.15) is 0 Å². The third-order valence-corrected chi connectivity index (χ3v) is 4.04. The normalized spacial score (nSPS) is 10.2. The van der Waals surface area contributed by atoms with Crippen molar-refractivity contribution in [1.29, 1.82) is 0 Å². The van der Waals surface area contributed by atoms with Crippen molar-refractivity contribution in [3.05, 3.63) is 95.6 Å². The van der Waals surface area contributed by atoms with Gasteiger partial charge in [-0.1, -0.05) is 66.7 Å². The first-order valence-electron chi connectivity index (χ1n) is 8.24. The highest BCUT2D eigenvalue weighted by Gasteiger charge is 2.04. The van der Waals surface area contributed by atoms with Crippen LogP contribution in [0.25, 0.3) is 11.1 Å². The molecule has 0 bridgehead atoms. The van der Waals surface area contributed by atoms with Crippen molar-refractivity contribution in [3.63, 3.8) is 0 Å². The summed E-state index contributed by atoms with van der Waals surface area (Å²) in [5.74, 6) is -0.0544. The zero-order chi connectivity index (χ0) is 17.5. The lowest BCUT2D eigenvalue weighted by Crippen LogP contribution is -2.25. The third kappa shape index (κ3) is 4.42. The molecule has 0 heterocycles. The van der Waals surface area contributed by atoms with Crippen molar-refractivity contribution in [2.75, 3.05) is 6.54 Å². The van der Waals surface area contributed by atoms with Gasteiger partial charge in [-0.3, -0.25) is 9.59 Å². The maximum Gasteiger partial charge on any atom is 0.251 e. The Morgan fingerprint density at radius 1 is 0.840 bits per heavy atom. The second kappa shape index (κ2) is 8.06. The smallest absolute Gasteiger partial charge is 0.251 e.